The molecule has 3 heterocycles. The third kappa shape index (κ3) is 1.20. The maximum Gasteiger partial charge on any atom is 0.201 e. The lowest BCUT2D eigenvalue weighted by Crippen LogP contribution is -1.81. The van der Waals surface area contributed by atoms with Crippen LogP contribution in [0.4, 0.5) is 5.69 Å². The Labute approximate surface area is 99.7 Å². The van der Waals surface area contributed by atoms with Crippen molar-refractivity contribution in [2.75, 3.05) is 5.73 Å². The zero-order chi connectivity index (χ0) is 11.3. The summed E-state index contributed by atoms with van der Waals surface area (Å²) in [4.78, 5) is 6.34. The average molecular weight is 251 g/mol. The molecule has 3 aromatic rings. The largest absolute Gasteiger partial charge is 0.395 e. The molecular formula is C10H9N3OS2. The quantitative estimate of drug-likeness (QED) is 0.721. The van der Waals surface area contributed by atoms with Crippen molar-refractivity contribution in [1.82, 2.24) is 10.1 Å². The van der Waals surface area contributed by atoms with E-state index in [4.69, 9.17) is 10.3 Å². The Morgan fingerprint density at radius 2 is 2.19 bits per heavy atom. The van der Waals surface area contributed by atoms with Gasteiger partial charge in [0.25, 0.3) is 0 Å². The van der Waals surface area contributed by atoms with Crippen molar-refractivity contribution in [3.63, 3.8) is 0 Å². The molecule has 16 heavy (non-hydrogen) atoms. The van der Waals surface area contributed by atoms with Crippen molar-refractivity contribution in [1.29, 1.82) is 0 Å². The average Bonchev–Trinajstić information content (AvgIpc) is 2.88. The van der Waals surface area contributed by atoms with Gasteiger partial charge >= 0.3 is 0 Å². The molecule has 4 nitrogen and oxygen atoms in total. The predicted octanol–water partition coefficient (Wildman–Crippen LogP) is 3.21. The molecule has 6 heteroatoms. The zero-order valence-electron chi connectivity index (χ0n) is 8.77. The van der Waals surface area contributed by atoms with Gasteiger partial charge in [-0.2, -0.15) is 0 Å². The Hall–Kier alpha value is -1.40. The normalized spacial score (nSPS) is 11.4. The highest BCUT2D eigenvalue weighted by atomic mass is 32.1. The molecule has 0 bridgehead atoms. The van der Waals surface area contributed by atoms with Crippen LogP contribution in [0.15, 0.2) is 10.0 Å². The van der Waals surface area contributed by atoms with Gasteiger partial charge in [-0.3, -0.25) is 0 Å². The van der Waals surface area contributed by atoms with Crippen LogP contribution in [0, 0.1) is 13.8 Å². The molecule has 0 fully saturated rings. The van der Waals surface area contributed by atoms with E-state index in [-0.39, 0.29) is 0 Å². The fraction of sp³-hybridized carbons (Fsp3) is 0.200. The van der Waals surface area contributed by atoms with Crippen LogP contribution in [-0.2, 0) is 0 Å². The van der Waals surface area contributed by atoms with Crippen molar-refractivity contribution >= 4 is 38.6 Å². The second-order valence-electron chi connectivity index (χ2n) is 3.53. The fourth-order valence-electron chi connectivity index (χ4n) is 1.59. The minimum absolute atomic E-state index is 0.695. The van der Waals surface area contributed by atoms with Gasteiger partial charge in [0, 0.05) is 4.88 Å². The molecule has 0 atom stereocenters. The topological polar surface area (TPSA) is 64.9 Å². The highest BCUT2D eigenvalue weighted by Crippen LogP contribution is 2.41. The minimum atomic E-state index is 0.695. The third-order valence-electron chi connectivity index (χ3n) is 2.49. The van der Waals surface area contributed by atoms with E-state index < -0.39 is 0 Å². The summed E-state index contributed by atoms with van der Waals surface area (Å²) in [6.45, 7) is 3.95. The van der Waals surface area contributed by atoms with Gasteiger partial charge < -0.3 is 10.3 Å². The highest BCUT2D eigenvalue weighted by molar-refractivity contribution is 7.21. The number of aromatic nitrogens is 2. The van der Waals surface area contributed by atoms with Gasteiger partial charge in [0.15, 0.2) is 0 Å². The molecule has 0 aromatic carbocycles. The van der Waals surface area contributed by atoms with Crippen LogP contribution >= 0.6 is 22.7 Å². The van der Waals surface area contributed by atoms with Gasteiger partial charge in [0.1, 0.15) is 10.4 Å². The van der Waals surface area contributed by atoms with Crippen LogP contribution in [0.3, 0.4) is 0 Å². The number of nitrogens with zero attached hydrogens (tertiary/aromatic N) is 2. The van der Waals surface area contributed by atoms with Gasteiger partial charge in [-0.05, 0) is 13.8 Å². The molecule has 0 unspecified atom stereocenters. The van der Waals surface area contributed by atoms with Crippen LogP contribution in [-0.4, -0.2) is 10.1 Å². The number of fused-ring (bicyclic) bond motifs is 1. The number of hydrogen-bond acceptors (Lipinski definition) is 6. The first-order valence-corrected chi connectivity index (χ1v) is 6.43. The Morgan fingerprint density at radius 3 is 2.88 bits per heavy atom. The van der Waals surface area contributed by atoms with Crippen molar-refractivity contribution in [2.45, 2.75) is 13.8 Å². The van der Waals surface area contributed by atoms with E-state index in [1.54, 1.807) is 22.7 Å². The lowest BCUT2D eigenvalue weighted by atomic mass is 10.3. The maximum atomic E-state index is 5.91. The van der Waals surface area contributed by atoms with Gasteiger partial charge in [-0.1, -0.05) is 5.16 Å². The molecule has 0 aliphatic rings. The summed E-state index contributed by atoms with van der Waals surface area (Å²) in [5, 5.41) is 4.09. The first-order valence-electron chi connectivity index (χ1n) is 4.73. The smallest absolute Gasteiger partial charge is 0.201 e. The molecule has 0 saturated carbocycles. The molecule has 0 amide bonds. The van der Waals surface area contributed by atoms with Crippen LogP contribution in [0.2, 0.25) is 0 Å². The summed E-state index contributed by atoms with van der Waals surface area (Å²) < 4.78 is 6.31. The molecule has 3 rings (SSSR count). The molecule has 3 aromatic heterocycles. The summed E-state index contributed by atoms with van der Waals surface area (Å²) in [6, 6.07) is 0. The molecule has 0 radical (unpaired) electrons. The molecule has 0 saturated heterocycles. The second kappa shape index (κ2) is 3.29. The number of thiophene rings is 1. The predicted molar refractivity (Wildman–Crippen MR) is 66.9 cm³/mol. The fourth-order valence-corrected chi connectivity index (χ4v) is 3.43. The molecule has 0 spiro atoms. The molecule has 82 valence electrons. The van der Waals surface area contributed by atoms with Crippen molar-refractivity contribution in [3.8, 4) is 10.6 Å². The highest BCUT2D eigenvalue weighted by Gasteiger charge is 2.19. The summed E-state index contributed by atoms with van der Waals surface area (Å²) in [5.74, 6) is 0. The molecular weight excluding hydrogens is 242 g/mol. The first-order chi connectivity index (χ1) is 7.68. The van der Waals surface area contributed by atoms with Crippen LogP contribution in [0.5, 0.6) is 0 Å². The Kier molecular flexibility index (Phi) is 2.02. The maximum absolute atomic E-state index is 5.91. The van der Waals surface area contributed by atoms with Crippen LogP contribution in [0.1, 0.15) is 10.6 Å². The summed E-state index contributed by atoms with van der Waals surface area (Å²) in [6.07, 6.45) is 0. The second-order valence-corrected chi connectivity index (χ2v) is 5.61. The molecule has 0 aliphatic heterocycles. The van der Waals surface area contributed by atoms with Crippen molar-refractivity contribution < 1.29 is 4.52 Å². The Balaban J connectivity index is 2.33. The Morgan fingerprint density at radius 1 is 1.38 bits per heavy atom. The van der Waals surface area contributed by atoms with Crippen molar-refractivity contribution in [2.24, 2.45) is 0 Å². The summed E-state index contributed by atoms with van der Waals surface area (Å²) in [7, 11) is 0. The number of anilines is 1. The van der Waals surface area contributed by atoms with E-state index >= 15 is 0 Å². The SMILES string of the molecule is Cc1ncsc1-c1noc2c(N)c(C)sc12. The van der Waals surface area contributed by atoms with E-state index in [2.05, 4.69) is 10.1 Å². The summed E-state index contributed by atoms with van der Waals surface area (Å²) in [5.41, 5.74) is 11.0. The van der Waals surface area contributed by atoms with Gasteiger partial charge in [0.2, 0.25) is 5.58 Å². The Bertz CT molecular complexity index is 665. The number of thiazole rings is 1. The van der Waals surface area contributed by atoms with E-state index in [1.165, 1.54) is 0 Å². The van der Waals surface area contributed by atoms with E-state index in [0.29, 0.717) is 11.3 Å². The standard InChI is InChI=1S/C10H9N3OS2/c1-4-9(15-3-12-4)7-10-8(14-13-7)6(11)5(2)16-10/h3H,11H2,1-2H3. The van der Waals surface area contributed by atoms with Gasteiger partial charge in [-0.25, -0.2) is 4.98 Å². The lowest BCUT2D eigenvalue weighted by Gasteiger charge is -1.89. The number of nitrogens with two attached hydrogens (primary N) is 1. The number of aryl methyl sites for hydroxylation is 2. The number of nitrogen functional groups attached to an aromatic ring is 1. The van der Waals surface area contributed by atoms with Gasteiger partial charge in [0.05, 0.1) is 21.8 Å². The number of hydrogen-bond donors (Lipinski definition) is 1. The van der Waals surface area contributed by atoms with E-state index in [0.717, 1.165) is 25.8 Å². The first kappa shape index (κ1) is 9.80. The lowest BCUT2D eigenvalue weighted by molar-refractivity contribution is 0.460. The van der Waals surface area contributed by atoms with Crippen molar-refractivity contribution in [3.05, 3.63) is 16.1 Å². The molecule has 0 aliphatic carbocycles. The van der Waals surface area contributed by atoms with Crippen LogP contribution in [0.25, 0.3) is 20.9 Å². The monoisotopic (exact) mass is 251 g/mol. The van der Waals surface area contributed by atoms with E-state index in [9.17, 15) is 0 Å². The van der Waals surface area contributed by atoms with Crippen LogP contribution < -0.4 is 5.73 Å². The van der Waals surface area contributed by atoms with E-state index in [1.807, 2.05) is 19.4 Å². The zero-order valence-corrected chi connectivity index (χ0v) is 10.4. The van der Waals surface area contributed by atoms with Gasteiger partial charge in [-0.15, -0.1) is 22.7 Å². The third-order valence-corrected chi connectivity index (χ3v) is 4.53. The number of rotatable bonds is 1. The minimum Gasteiger partial charge on any atom is -0.395 e. The molecule has 2 N–H and O–H groups in total. The summed E-state index contributed by atoms with van der Waals surface area (Å²) >= 11 is 3.19.